The number of carbonyl (C=O) groups excluding carboxylic acids is 1. The first-order valence-corrected chi connectivity index (χ1v) is 4.45. The van der Waals surface area contributed by atoms with Gasteiger partial charge in [-0.1, -0.05) is 3.89 Å². The van der Waals surface area contributed by atoms with Gasteiger partial charge in [-0.05, 0) is 6.07 Å². The summed E-state index contributed by atoms with van der Waals surface area (Å²) in [6.45, 7) is 0. The third kappa shape index (κ3) is 1.86. The van der Waals surface area contributed by atoms with Gasteiger partial charge in [0.15, 0.2) is 0 Å². The number of methoxy groups -OCH3 is 1. The molecule has 0 saturated carbocycles. The summed E-state index contributed by atoms with van der Waals surface area (Å²) in [6.07, 6.45) is 0.888. The molecule has 0 aliphatic heterocycles. The molecule has 72 valence electrons. The van der Waals surface area contributed by atoms with E-state index in [9.17, 15) is 17.1 Å². The molecule has 0 aromatic carbocycles. The van der Waals surface area contributed by atoms with Crippen molar-refractivity contribution < 1.29 is 26.3 Å². The molecule has 0 atom stereocenters. The first-order valence-electron chi connectivity index (χ1n) is 3.07. The number of furan rings is 1. The van der Waals surface area contributed by atoms with Crippen molar-refractivity contribution in [3.63, 3.8) is 0 Å². The van der Waals surface area contributed by atoms with Crippen molar-refractivity contribution in [2.24, 2.45) is 0 Å². The lowest BCUT2D eigenvalue weighted by Crippen LogP contribution is -2.04. The highest BCUT2D eigenvalue weighted by atomic mass is 32.3. The molecular formula is C6H5FO5S. The quantitative estimate of drug-likeness (QED) is 0.529. The van der Waals surface area contributed by atoms with E-state index in [4.69, 9.17) is 0 Å². The van der Waals surface area contributed by atoms with Crippen LogP contribution in [0.3, 0.4) is 0 Å². The maximum atomic E-state index is 12.4. The van der Waals surface area contributed by atoms with Crippen LogP contribution in [0.1, 0.15) is 10.4 Å². The van der Waals surface area contributed by atoms with Crippen molar-refractivity contribution in [3.05, 3.63) is 17.9 Å². The zero-order chi connectivity index (χ0) is 10.1. The molecule has 0 bridgehead atoms. The van der Waals surface area contributed by atoms with Gasteiger partial charge in [-0.3, -0.25) is 0 Å². The average Bonchev–Trinajstić information content (AvgIpc) is 2.49. The van der Waals surface area contributed by atoms with Gasteiger partial charge in [0.1, 0.15) is 5.56 Å². The Bertz CT molecular complexity index is 418. The lowest BCUT2D eigenvalue weighted by Gasteiger charge is -1.95. The zero-order valence-corrected chi connectivity index (χ0v) is 7.30. The Kier molecular flexibility index (Phi) is 2.37. The molecule has 0 fully saturated rings. The zero-order valence-electron chi connectivity index (χ0n) is 6.48. The van der Waals surface area contributed by atoms with E-state index >= 15 is 0 Å². The molecule has 1 aromatic rings. The van der Waals surface area contributed by atoms with Gasteiger partial charge < -0.3 is 9.15 Å². The topological polar surface area (TPSA) is 73.6 Å². The lowest BCUT2D eigenvalue weighted by atomic mass is 10.3. The van der Waals surface area contributed by atoms with E-state index in [-0.39, 0.29) is 0 Å². The number of hydrogen-bond donors (Lipinski definition) is 0. The smallest absolute Gasteiger partial charge is 0.366 e. The summed E-state index contributed by atoms with van der Waals surface area (Å²) in [5.74, 6) is -0.968. The van der Waals surface area contributed by atoms with E-state index in [2.05, 4.69) is 9.15 Å². The van der Waals surface area contributed by atoms with Crippen molar-refractivity contribution in [2.45, 2.75) is 5.09 Å². The third-order valence-corrected chi connectivity index (χ3v) is 2.02. The summed E-state index contributed by atoms with van der Waals surface area (Å²) < 4.78 is 41.6. The Hall–Kier alpha value is -1.37. The molecule has 5 nitrogen and oxygen atoms in total. The summed E-state index contributed by atoms with van der Waals surface area (Å²) in [5.41, 5.74) is -0.454. The molecule has 0 aliphatic rings. The normalized spacial score (nSPS) is 11.2. The van der Waals surface area contributed by atoms with E-state index in [1.165, 1.54) is 0 Å². The van der Waals surface area contributed by atoms with Crippen LogP contribution in [-0.4, -0.2) is 21.5 Å². The summed E-state index contributed by atoms with van der Waals surface area (Å²) in [5, 5.41) is -1.03. The Morgan fingerprint density at radius 2 is 2.23 bits per heavy atom. The predicted octanol–water partition coefficient (Wildman–Crippen LogP) is 0.724. The fraction of sp³-hybridized carbons (Fsp3) is 0.167. The van der Waals surface area contributed by atoms with Crippen LogP contribution in [0.15, 0.2) is 21.8 Å². The average molecular weight is 208 g/mol. The van der Waals surface area contributed by atoms with E-state index in [1.54, 1.807) is 0 Å². The van der Waals surface area contributed by atoms with E-state index in [1.807, 2.05) is 0 Å². The third-order valence-electron chi connectivity index (χ3n) is 1.26. The number of hydrogen-bond acceptors (Lipinski definition) is 5. The molecular weight excluding hydrogens is 203 g/mol. The Labute approximate surface area is 73.3 Å². The maximum Gasteiger partial charge on any atom is 0.366 e. The molecule has 0 aliphatic carbocycles. The van der Waals surface area contributed by atoms with Crippen molar-refractivity contribution in [1.29, 1.82) is 0 Å². The maximum absolute atomic E-state index is 12.4. The highest BCUT2D eigenvalue weighted by Gasteiger charge is 2.26. The largest absolute Gasteiger partial charge is 0.465 e. The SMILES string of the molecule is COC(=O)c1ccoc1S(=O)(=O)F. The molecule has 13 heavy (non-hydrogen) atoms. The van der Waals surface area contributed by atoms with Crippen LogP contribution >= 0.6 is 0 Å². The van der Waals surface area contributed by atoms with Crippen LogP contribution in [0.5, 0.6) is 0 Å². The Morgan fingerprint density at radius 3 is 2.69 bits per heavy atom. The second kappa shape index (κ2) is 3.17. The van der Waals surface area contributed by atoms with Crippen LogP contribution in [0.25, 0.3) is 0 Å². The van der Waals surface area contributed by atoms with Gasteiger partial charge in [0, 0.05) is 0 Å². The van der Waals surface area contributed by atoms with Crippen LogP contribution in [0.2, 0.25) is 0 Å². The number of ether oxygens (including phenoxy) is 1. The minimum Gasteiger partial charge on any atom is -0.465 e. The summed E-state index contributed by atoms with van der Waals surface area (Å²) >= 11 is 0. The molecule has 0 N–H and O–H groups in total. The van der Waals surface area contributed by atoms with Gasteiger partial charge in [0.2, 0.25) is 0 Å². The fourth-order valence-corrected chi connectivity index (χ4v) is 1.33. The van der Waals surface area contributed by atoms with Gasteiger partial charge in [-0.2, -0.15) is 8.42 Å². The van der Waals surface area contributed by atoms with Gasteiger partial charge >= 0.3 is 16.2 Å². The van der Waals surface area contributed by atoms with E-state index < -0.39 is 26.8 Å². The minimum absolute atomic E-state index is 0.454. The Morgan fingerprint density at radius 1 is 1.62 bits per heavy atom. The second-order valence-electron chi connectivity index (χ2n) is 2.05. The monoisotopic (exact) mass is 208 g/mol. The molecule has 0 amide bonds. The van der Waals surface area contributed by atoms with Crippen molar-refractivity contribution >= 4 is 16.2 Å². The van der Waals surface area contributed by atoms with Crippen LogP contribution < -0.4 is 0 Å². The molecule has 1 aromatic heterocycles. The minimum atomic E-state index is -5.01. The molecule has 0 radical (unpaired) electrons. The second-order valence-corrected chi connectivity index (χ2v) is 3.30. The van der Waals surface area contributed by atoms with Crippen molar-refractivity contribution in [1.82, 2.24) is 0 Å². The van der Waals surface area contributed by atoms with Gasteiger partial charge in [0.05, 0.1) is 13.4 Å². The molecule has 0 unspecified atom stereocenters. The van der Waals surface area contributed by atoms with Crippen LogP contribution in [0.4, 0.5) is 3.89 Å². The summed E-state index contributed by atoms with van der Waals surface area (Å²) in [6, 6.07) is 1.01. The van der Waals surface area contributed by atoms with Gasteiger partial charge in [-0.15, -0.1) is 0 Å². The molecule has 7 heteroatoms. The highest BCUT2D eigenvalue weighted by molar-refractivity contribution is 7.86. The van der Waals surface area contributed by atoms with Gasteiger partial charge in [0.25, 0.3) is 5.09 Å². The van der Waals surface area contributed by atoms with Crippen LogP contribution in [0, 0.1) is 0 Å². The molecule has 0 spiro atoms. The first-order chi connectivity index (χ1) is 5.96. The van der Waals surface area contributed by atoms with Gasteiger partial charge in [-0.25, -0.2) is 4.79 Å². The molecule has 1 rings (SSSR count). The van der Waals surface area contributed by atoms with Crippen molar-refractivity contribution in [2.75, 3.05) is 7.11 Å². The van der Waals surface area contributed by atoms with Crippen molar-refractivity contribution in [3.8, 4) is 0 Å². The predicted molar refractivity (Wildman–Crippen MR) is 38.3 cm³/mol. The fourth-order valence-electron chi connectivity index (χ4n) is 0.746. The molecule has 0 saturated heterocycles. The summed E-state index contributed by atoms with van der Waals surface area (Å²) in [7, 11) is -3.97. The number of halogens is 1. The highest BCUT2D eigenvalue weighted by Crippen LogP contribution is 2.19. The number of rotatable bonds is 2. The lowest BCUT2D eigenvalue weighted by molar-refractivity contribution is 0.0593. The number of carbonyl (C=O) groups is 1. The summed E-state index contributed by atoms with van der Waals surface area (Å²) in [4.78, 5) is 10.8. The van der Waals surface area contributed by atoms with E-state index in [0.29, 0.717) is 0 Å². The standard InChI is InChI=1S/C6H5FO5S/c1-11-5(8)4-2-3-12-6(4)13(7,9)10/h2-3H,1H3. The number of esters is 1. The molecule has 1 heterocycles. The Balaban J connectivity index is 3.26. The van der Waals surface area contributed by atoms with E-state index in [0.717, 1.165) is 19.4 Å². The first kappa shape index (κ1) is 9.72. The van der Waals surface area contributed by atoms with Crippen LogP contribution in [-0.2, 0) is 15.0 Å².